The number of nitrogens with zero attached hydrogens (tertiary/aromatic N) is 3. The third-order valence-corrected chi connectivity index (χ3v) is 6.23. The van der Waals surface area contributed by atoms with Crippen LogP contribution < -0.4 is 16.0 Å². The molecule has 0 radical (unpaired) electrons. The minimum absolute atomic E-state index is 0.0660. The summed E-state index contributed by atoms with van der Waals surface area (Å²) in [6.07, 6.45) is 5.99. The van der Waals surface area contributed by atoms with Gasteiger partial charge in [0.05, 0.1) is 17.8 Å². The second kappa shape index (κ2) is 7.25. The van der Waals surface area contributed by atoms with Crippen molar-refractivity contribution in [2.24, 2.45) is 4.99 Å². The molecule has 1 aliphatic carbocycles. The summed E-state index contributed by atoms with van der Waals surface area (Å²) >= 11 is 0. The van der Waals surface area contributed by atoms with E-state index in [1.54, 1.807) is 6.20 Å². The highest BCUT2D eigenvalue weighted by Gasteiger charge is 2.47. The molecular formula is C24H30N6O. The van der Waals surface area contributed by atoms with Crippen molar-refractivity contribution in [3.05, 3.63) is 47.7 Å². The Kier molecular flexibility index (Phi) is 4.64. The maximum atomic E-state index is 13.1. The fourth-order valence-electron chi connectivity index (χ4n) is 4.76. The number of pyridine rings is 1. The molecule has 3 aliphatic rings. The number of urea groups is 1. The van der Waals surface area contributed by atoms with E-state index >= 15 is 0 Å². The van der Waals surface area contributed by atoms with Crippen LogP contribution in [0.1, 0.15) is 44.7 Å². The molecule has 2 aromatic rings. The molecule has 31 heavy (non-hydrogen) atoms. The first kappa shape index (κ1) is 19.8. The van der Waals surface area contributed by atoms with Gasteiger partial charge < -0.3 is 20.9 Å². The molecule has 2 aliphatic heterocycles. The Morgan fingerprint density at radius 2 is 2.06 bits per heavy atom. The van der Waals surface area contributed by atoms with Gasteiger partial charge in [0, 0.05) is 18.4 Å². The normalized spacial score (nSPS) is 23.3. The average molecular weight is 419 g/mol. The van der Waals surface area contributed by atoms with E-state index in [4.69, 9.17) is 4.99 Å². The maximum Gasteiger partial charge on any atom is 0.321 e. The zero-order valence-corrected chi connectivity index (χ0v) is 18.5. The minimum atomic E-state index is -0.446. The molecule has 3 heterocycles. The van der Waals surface area contributed by atoms with E-state index in [0.29, 0.717) is 13.1 Å². The van der Waals surface area contributed by atoms with E-state index in [-0.39, 0.29) is 11.6 Å². The van der Waals surface area contributed by atoms with Crippen molar-refractivity contribution in [3.8, 4) is 0 Å². The number of carbonyl (C=O) groups excluding carboxylic acids is 1. The Hall–Kier alpha value is -3.09. The van der Waals surface area contributed by atoms with Crippen LogP contribution in [-0.2, 0) is 12.8 Å². The number of amidine groups is 1. The van der Waals surface area contributed by atoms with E-state index in [0.717, 1.165) is 42.3 Å². The SMILES string of the molecule is CC(C)(C)N=C1Nc2ncccc2N[C@]12CCN(C(=O)Nc1ccc3c(c1)CCC3)C2. The molecule has 1 atom stereocenters. The van der Waals surface area contributed by atoms with Gasteiger partial charge in [0.15, 0.2) is 5.82 Å². The van der Waals surface area contributed by atoms with E-state index in [9.17, 15) is 4.79 Å². The summed E-state index contributed by atoms with van der Waals surface area (Å²) in [5.41, 5.74) is 3.89. The van der Waals surface area contributed by atoms with Crippen LogP contribution in [0.15, 0.2) is 41.5 Å². The summed E-state index contributed by atoms with van der Waals surface area (Å²) in [4.78, 5) is 24.4. The van der Waals surface area contributed by atoms with Crippen LogP contribution >= 0.6 is 0 Å². The van der Waals surface area contributed by atoms with Gasteiger partial charge in [0.1, 0.15) is 11.4 Å². The Bertz CT molecular complexity index is 1060. The molecule has 0 bridgehead atoms. The highest BCUT2D eigenvalue weighted by Crippen LogP contribution is 2.36. The summed E-state index contributed by atoms with van der Waals surface area (Å²) < 4.78 is 0. The van der Waals surface area contributed by atoms with E-state index in [1.165, 1.54) is 17.5 Å². The van der Waals surface area contributed by atoms with Gasteiger partial charge in [-0.1, -0.05) is 6.07 Å². The Labute approximate surface area is 183 Å². The zero-order valence-electron chi connectivity index (χ0n) is 18.5. The van der Waals surface area contributed by atoms with Crippen LogP contribution in [0.3, 0.4) is 0 Å². The molecule has 7 nitrogen and oxygen atoms in total. The van der Waals surface area contributed by atoms with E-state index in [2.05, 4.69) is 53.8 Å². The maximum absolute atomic E-state index is 13.1. The van der Waals surface area contributed by atoms with Crippen molar-refractivity contribution in [2.45, 2.75) is 57.5 Å². The number of aromatic nitrogens is 1. The van der Waals surface area contributed by atoms with Crippen LogP contribution in [0.5, 0.6) is 0 Å². The van der Waals surface area contributed by atoms with Crippen LogP contribution in [0.2, 0.25) is 0 Å². The van der Waals surface area contributed by atoms with E-state index in [1.807, 2.05) is 23.1 Å². The standard InChI is InChI=1S/C24H30N6O/c1-23(2,3)29-21-24(28-19-8-5-12-25-20(19)27-21)11-13-30(15-24)22(31)26-18-10-9-16-6-4-7-17(16)14-18/h5,8-10,12,14,28H,4,6-7,11,13,15H2,1-3H3,(H,26,31)(H,25,27,29)/t24-/m0/s1. The molecule has 162 valence electrons. The van der Waals surface area contributed by atoms with Gasteiger partial charge in [0.25, 0.3) is 0 Å². The highest BCUT2D eigenvalue weighted by molar-refractivity contribution is 6.09. The van der Waals surface area contributed by atoms with Crippen LogP contribution in [0.25, 0.3) is 0 Å². The third-order valence-electron chi connectivity index (χ3n) is 6.23. The molecule has 1 spiro atoms. The first-order valence-corrected chi connectivity index (χ1v) is 11.1. The summed E-state index contributed by atoms with van der Waals surface area (Å²) in [6.45, 7) is 7.44. The van der Waals surface area contributed by atoms with Crippen molar-refractivity contribution in [1.29, 1.82) is 0 Å². The number of amides is 2. The third kappa shape index (κ3) is 3.84. The summed E-state index contributed by atoms with van der Waals surface area (Å²) in [5.74, 6) is 1.62. The number of benzene rings is 1. The summed E-state index contributed by atoms with van der Waals surface area (Å²) in [7, 11) is 0. The van der Waals surface area contributed by atoms with Gasteiger partial charge in [0.2, 0.25) is 0 Å². The van der Waals surface area contributed by atoms with Crippen molar-refractivity contribution in [2.75, 3.05) is 29.0 Å². The summed E-state index contributed by atoms with van der Waals surface area (Å²) in [5, 5.41) is 10.2. The summed E-state index contributed by atoms with van der Waals surface area (Å²) in [6, 6.07) is 10.2. The molecule has 1 saturated heterocycles. The lowest BCUT2D eigenvalue weighted by Gasteiger charge is -2.39. The second-order valence-corrected chi connectivity index (χ2v) is 9.80. The number of aliphatic imine (C=N–C) groups is 1. The van der Waals surface area contributed by atoms with Gasteiger partial charge in [-0.3, -0.25) is 4.99 Å². The molecule has 0 unspecified atom stereocenters. The fourth-order valence-corrected chi connectivity index (χ4v) is 4.76. The number of nitrogens with one attached hydrogen (secondary N) is 3. The van der Waals surface area contributed by atoms with Gasteiger partial charge in [-0.05, 0) is 81.8 Å². The molecular weight excluding hydrogens is 388 g/mol. The lowest BCUT2D eigenvalue weighted by Crippen LogP contribution is -2.55. The first-order valence-electron chi connectivity index (χ1n) is 11.1. The Balaban J connectivity index is 1.37. The Morgan fingerprint density at radius 1 is 1.23 bits per heavy atom. The molecule has 5 rings (SSSR count). The number of likely N-dealkylation sites (tertiary alicyclic amines) is 1. The molecule has 2 amide bonds. The molecule has 1 aromatic heterocycles. The molecule has 1 aromatic carbocycles. The quantitative estimate of drug-likeness (QED) is 0.646. The van der Waals surface area contributed by atoms with E-state index < -0.39 is 5.54 Å². The highest BCUT2D eigenvalue weighted by atomic mass is 16.2. The second-order valence-electron chi connectivity index (χ2n) is 9.80. The Morgan fingerprint density at radius 3 is 2.90 bits per heavy atom. The lowest BCUT2D eigenvalue weighted by molar-refractivity contribution is 0.221. The van der Waals surface area contributed by atoms with Crippen molar-refractivity contribution in [1.82, 2.24) is 9.88 Å². The monoisotopic (exact) mass is 418 g/mol. The van der Waals surface area contributed by atoms with Gasteiger partial charge in [-0.2, -0.15) is 0 Å². The van der Waals surface area contributed by atoms with Crippen molar-refractivity contribution >= 4 is 29.1 Å². The predicted octanol–water partition coefficient (Wildman–Crippen LogP) is 4.28. The van der Waals surface area contributed by atoms with Crippen molar-refractivity contribution < 1.29 is 4.79 Å². The van der Waals surface area contributed by atoms with Gasteiger partial charge in [-0.15, -0.1) is 0 Å². The molecule has 1 fully saturated rings. The zero-order chi connectivity index (χ0) is 21.6. The molecule has 0 saturated carbocycles. The molecule has 3 N–H and O–H groups in total. The van der Waals surface area contributed by atoms with Crippen LogP contribution in [0, 0.1) is 0 Å². The van der Waals surface area contributed by atoms with Crippen LogP contribution in [-0.4, -0.2) is 45.9 Å². The number of hydrogen-bond acceptors (Lipinski definition) is 4. The van der Waals surface area contributed by atoms with Crippen molar-refractivity contribution in [3.63, 3.8) is 0 Å². The topological polar surface area (TPSA) is 81.7 Å². The lowest BCUT2D eigenvalue weighted by atomic mass is 9.93. The van der Waals surface area contributed by atoms with Gasteiger partial charge >= 0.3 is 6.03 Å². The number of fused-ring (bicyclic) bond motifs is 2. The number of anilines is 3. The number of hydrogen-bond donors (Lipinski definition) is 3. The smallest absolute Gasteiger partial charge is 0.321 e. The average Bonchev–Trinajstić information content (AvgIpc) is 3.35. The minimum Gasteiger partial charge on any atom is -0.368 e. The molecule has 7 heteroatoms. The van der Waals surface area contributed by atoms with Gasteiger partial charge in [-0.25, -0.2) is 9.78 Å². The predicted molar refractivity (Wildman–Crippen MR) is 125 cm³/mol. The fraction of sp³-hybridized carbons (Fsp3) is 0.458. The van der Waals surface area contributed by atoms with Crippen LogP contribution in [0.4, 0.5) is 22.0 Å². The largest absolute Gasteiger partial charge is 0.368 e. The number of carbonyl (C=O) groups is 1. The first-order chi connectivity index (χ1) is 14.8. The number of aryl methyl sites for hydroxylation is 2. The number of rotatable bonds is 1.